The van der Waals surface area contributed by atoms with Crippen LogP contribution in [0, 0.1) is 0 Å². The third-order valence-electron chi connectivity index (χ3n) is 2.55. The molecule has 8 heteroatoms. The van der Waals surface area contributed by atoms with E-state index in [2.05, 4.69) is 5.09 Å². The number of hydrogen-bond acceptors (Lipinski definition) is 6. The molecule has 0 spiro atoms. The average Bonchev–Trinajstić information content (AvgIpc) is 2.47. The lowest BCUT2D eigenvalue weighted by atomic mass is 10.3. The largest absolute Gasteiger partial charge is 0.664 e. The molecule has 0 aliphatic rings. The Morgan fingerprint density at radius 1 is 1.22 bits per heavy atom. The molecule has 0 fully saturated rings. The van der Waals surface area contributed by atoms with Crippen LogP contribution < -0.4 is 14.3 Å². The molecule has 7 nitrogen and oxygen atoms in total. The van der Waals surface area contributed by atoms with Crippen molar-refractivity contribution >= 4 is 14.1 Å². The van der Waals surface area contributed by atoms with Gasteiger partial charge >= 0.3 is 14.1 Å². The van der Waals surface area contributed by atoms with Crippen LogP contribution >= 0.6 is 8.18 Å². The fourth-order valence-corrected chi connectivity index (χ4v) is 2.31. The Hall–Kier alpha value is -1.69. The molecule has 0 amide bonds. The lowest BCUT2D eigenvalue weighted by molar-refractivity contribution is -0.148. The highest BCUT2D eigenvalue weighted by Gasteiger charge is 2.29. The van der Waals surface area contributed by atoms with Crippen molar-refractivity contribution < 1.29 is 28.1 Å². The number of methoxy groups -OCH3 is 1. The summed E-state index contributed by atoms with van der Waals surface area (Å²) in [7, 11) is -0.675. The summed E-state index contributed by atoms with van der Waals surface area (Å²) in [4.78, 5) is 11.6. The van der Waals surface area contributed by atoms with Crippen molar-refractivity contribution in [2.75, 3.05) is 20.3 Å². The third-order valence-corrected chi connectivity index (χ3v) is 3.53. The number of esters is 1. The Bertz CT molecular complexity index is 522. The van der Waals surface area contributed by atoms with E-state index in [1.165, 1.54) is 0 Å². The first kappa shape index (κ1) is 19.4. The molecule has 0 radical (unpaired) electrons. The average molecular weight is 344 g/mol. The summed E-state index contributed by atoms with van der Waals surface area (Å²) < 4.78 is 32.5. The van der Waals surface area contributed by atoms with Crippen LogP contribution in [0.3, 0.4) is 0 Å². The molecule has 1 unspecified atom stereocenters. The zero-order valence-corrected chi connectivity index (χ0v) is 14.7. The van der Waals surface area contributed by atoms with Gasteiger partial charge in [0, 0.05) is 17.7 Å². The van der Waals surface area contributed by atoms with E-state index in [1.54, 1.807) is 52.1 Å². The highest BCUT2D eigenvalue weighted by atomic mass is 31.1. The first-order valence-electron chi connectivity index (χ1n) is 7.26. The maximum atomic E-state index is 11.9. The first-order valence-corrected chi connectivity index (χ1v) is 8.43. The second-order valence-electron chi connectivity index (χ2n) is 5.00. The van der Waals surface area contributed by atoms with Gasteiger partial charge in [0.25, 0.3) is 0 Å². The summed E-state index contributed by atoms with van der Waals surface area (Å²) in [5, 5.41) is 2.56. The van der Waals surface area contributed by atoms with E-state index in [0.29, 0.717) is 24.7 Å². The zero-order chi connectivity index (χ0) is 17.2. The van der Waals surface area contributed by atoms with Gasteiger partial charge in [-0.25, -0.2) is 4.52 Å². The van der Waals surface area contributed by atoms with Crippen molar-refractivity contribution in [1.82, 2.24) is 5.09 Å². The summed E-state index contributed by atoms with van der Waals surface area (Å²) in [6.45, 7) is 5.93. The van der Waals surface area contributed by atoms with Gasteiger partial charge in [0.15, 0.2) is 5.75 Å². The van der Waals surface area contributed by atoms with Gasteiger partial charge in [-0.1, -0.05) is 11.2 Å². The van der Waals surface area contributed by atoms with Crippen LogP contribution in [0.25, 0.3) is 0 Å². The molecule has 0 saturated carbocycles. The normalized spacial score (nSPS) is 12.7. The summed E-state index contributed by atoms with van der Waals surface area (Å²) in [5.41, 5.74) is 0. The molecule has 1 N–H and O–H groups in total. The van der Waals surface area contributed by atoms with Crippen LogP contribution in [0.2, 0.25) is 0 Å². The summed E-state index contributed by atoms with van der Waals surface area (Å²) in [5.74, 6) is 0.469. The van der Waals surface area contributed by atoms with Crippen LogP contribution in [-0.2, 0) is 18.8 Å². The van der Waals surface area contributed by atoms with Crippen LogP contribution in [0.4, 0.5) is 0 Å². The highest BCUT2D eigenvalue weighted by Crippen LogP contribution is 2.27. The number of rotatable bonds is 10. The molecule has 128 valence electrons. The van der Waals surface area contributed by atoms with Crippen molar-refractivity contribution in [2.24, 2.45) is 0 Å². The van der Waals surface area contributed by atoms with E-state index in [4.69, 9.17) is 18.7 Å². The number of benzene rings is 1. The van der Waals surface area contributed by atoms with Crippen LogP contribution in [0.15, 0.2) is 24.3 Å². The Labute approximate surface area is 137 Å². The van der Waals surface area contributed by atoms with E-state index in [9.17, 15) is 9.36 Å². The van der Waals surface area contributed by atoms with Crippen molar-refractivity contribution in [3.63, 3.8) is 0 Å². The van der Waals surface area contributed by atoms with Crippen LogP contribution in [-0.4, -0.2) is 38.4 Å². The van der Waals surface area contributed by atoms with Gasteiger partial charge < -0.3 is 14.2 Å². The molecule has 0 bridgehead atoms. The quantitative estimate of drug-likeness (QED) is 0.397. The van der Waals surface area contributed by atoms with E-state index < -0.39 is 20.2 Å². The van der Waals surface area contributed by atoms with Crippen molar-refractivity contribution in [1.29, 1.82) is 0 Å². The van der Waals surface area contributed by atoms with E-state index in [1.807, 2.05) is 0 Å². The van der Waals surface area contributed by atoms with Gasteiger partial charge in [0.1, 0.15) is 18.4 Å². The Kier molecular flexibility index (Phi) is 8.55. The van der Waals surface area contributed by atoms with Gasteiger partial charge in [-0.05, 0) is 32.9 Å². The Morgan fingerprint density at radius 2 is 1.91 bits per heavy atom. The standard InChI is InChI=1S/C15H23NO6P/c1-11(2)21-15(17)12(3)16-23(18)22-14-7-5-6-13(10-14)20-9-8-19-4/h5-7,10-12H,8-9H2,1-4H3,(H,16,18)/q+1/t12-/m0/s1. The minimum atomic E-state index is -2.26. The number of carbonyl (C=O) groups is 1. The number of ether oxygens (including phenoxy) is 3. The molecule has 1 aromatic rings. The smallest absolute Gasteiger partial charge is 0.491 e. The van der Waals surface area contributed by atoms with Gasteiger partial charge in [-0.2, -0.15) is 0 Å². The van der Waals surface area contributed by atoms with Gasteiger partial charge in [-0.15, -0.1) is 0 Å². The topological polar surface area (TPSA) is 83.1 Å². The molecular formula is C15H23NO6P+. The van der Waals surface area contributed by atoms with Crippen molar-refractivity contribution in [3.8, 4) is 11.5 Å². The molecular weight excluding hydrogens is 321 g/mol. The summed E-state index contributed by atoms with van der Waals surface area (Å²) in [6, 6.07) is 6.00. The van der Waals surface area contributed by atoms with E-state index >= 15 is 0 Å². The molecule has 1 rings (SSSR count). The molecule has 0 saturated heterocycles. The zero-order valence-electron chi connectivity index (χ0n) is 13.8. The minimum Gasteiger partial charge on any atom is -0.491 e. The number of hydrogen-bond donors (Lipinski definition) is 1. The molecule has 0 aliphatic carbocycles. The Balaban J connectivity index is 2.50. The maximum Gasteiger partial charge on any atom is 0.664 e. The Morgan fingerprint density at radius 3 is 2.57 bits per heavy atom. The minimum absolute atomic E-state index is 0.230. The predicted molar refractivity (Wildman–Crippen MR) is 85.9 cm³/mol. The molecule has 0 aliphatic heterocycles. The monoisotopic (exact) mass is 344 g/mol. The maximum absolute atomic E-state index is 11.9. The van der Waals surface area contributed by atoms with Crippen LogP contribution in [0.1, 0.15) is 20.8 Å². The van der Waals surface area contributed by atoms with Crippen molar-refractivity contribution in [2.45, 2.75) is 32.9 Å². The first-order chi connectivity index (χ1) is 10.9. The predicted octanol–water partition coefficient (Wildman–Crippen LogP) is 2.68. The molecule has 0 heterocycles. The highest BCUT2D eigenvalue weighted by molar-refractivity contribution is 7.37. The number of carbonyl (C=O) groups excluding carboxylic acids is 1. The third kappa shape index (κ3) is 7.93. The summed E-state index contributed by atoms with van der Waals surface area (Å²) in [6.07, 6.45) is -0.230. The van der Waals surface area contributed by atoms with Gasteiger partial charge in [0.05, 0.1) is 12.7 Å². The molecule has 23 heavy (non-hydrogen) atoms. The summed E-state index contributed by atoms with van der Waals surface area (Å²) >= 11 is 0. The molecule has 2 atom stereocenters. The van der Waals surface area contributed by atoms with Crippen molar-refractivity contribution in [3.05, 3.63) is 24.3 Å². The van der Waals surface area contributed by atoms with Gasteiger partial charge in [-0.3, -0.25) is 4.79 Å². The lowest BCUT2D eigenvalue weighted by Crippen LogP contribution is -2.33. The SMILES string of the molecule is COCCOc1cccc(O[P+](=O)N[C@@H](C)C(=O)OC(C)C)c1. The second-order valence-corrected chi connectivity index (χ2v) is 5.96. The number of nitrogens with one attached hydrogen (secondary N) is 1. The second kappa shape index (κ2) is 10.2. The molecule has 1 aromatic carbocycles. The van der Waals surface area contributed by atoms with E-state index in [0.717, 1.165) is 0 Å². The lowest BCUT2D eigenvalue weighted by Gasteiger charge is -2.10. The molecule has 0 aromatic heterocycles. The fraction of sp³-hybridized carbons (Fsp3) is 0.533. The van der Waals surface area contributed by atoms with Gasteiger partial charge in [0.2, 0.25) is 0 Å². The van der Waals surface area contributed by atoms with Crippen LogP contribution in [0.5, 0.6) is 11.5 Å². The fourth-order valence-electron chi connectivity index (χ4n) is 1.53. The van der Waals surface area contributed by atoms with E-state index in [-0.39, 0.29) is 6.10 Å².